The van der Waals surface area contributed by atoms with Gasteiger partial charge in [-0.05, 0) is 6.07 Å². The molecule has 0 aliphatic rings. The largest absolute Gasteiger partial charge is 0.504 e. The van der Waals surface area contributed by atoms with Gasteiger partial charge in [0.05, 0.1) is 7.11 Å². The third-order valence-corrected chi connectivity index (χ3v) is 1.78. The summed E-state index contributed by atoms with van der Waals surface area (Å²) in [4.78, 5) is 14.5. The molecule has 0 saturated carbocycles. The van der Waals surface area contributed by atoms with Crippen LogP contribution in [-0.4, -0.2) is 23.2 Å². The maximum atomic E-state index is 11.0. The number of pyridine rings is 1. The van der Waals surface area contributed by atoms with Gasteiger partial charge in [0.2, 0.25) is 0 Å². The number of halogens is 2. The first-order chi connectivity index (χ1) is 6.06. The number of hydrogen-bond donors (Lipinski definition) is 1. The molecule has 1 aromatic rings. The van der Waals surface area contributed by atoms with Crippen LogP contribution in [0.2, 0.25) is 10.3 Å². The van der Waals surface area contributed by atoms with E-state index in [9.17, 15) is 9.90 Å². The van der Waals surface area contributed by atoms with Crippen LogP contribution < -0.4 is 0 Å². The lowest BCUT2D eigenvalue weighted by Crippen LogP contribution is -2.02. The smallest absolute Gasteiger partial charge is 0.341 e. The van der Waals surface area contributed by atoms with Crippen LogP contribution in [0.5, 0.6) is 5.75 Å². The molecule has 0 amide bonds. The quantitative estimate of drug-likeness (QED) is 0.582. The molecule has 0 unspecified atom stereocenters. The first kappa shape index (κ1) is 10.1. The Hall–Kier alpha value is -1.00. The van der Waals surface area contributed by atoms with Gasteiger partial charge in [0.15, 0.2) is 10.9 Å². The third-order valence-electron chi connectivity index (χ3n) is 1.32. The number of rotatable bonds is 1. The van der Waals surface area contributed by atoms with Gasteiger partial charge in [-0.1, -0.05) is 23.2 Å². The van der Waals surface area contributed by atoms with Gasteiger partial charge in [-0.3, -0.25) is 0 Å². The van der Waals surface area contributed by atoms with Crippen molar-refractivity contribution in [3.8, 4) is 5.75 Å². The standard InChI is InChI=1S/C7H5Cl2NO3/c1-13-7(12)3-2-4(8)10-6(9)5(3)11/h2,11H,1H3. The van der Waals surface area contributed by atoms with E-state index in [2.05, 4.69) is 9.72 Å². The average molecular weight is 222 g/mol. The Morgan fingerprint density at radius 2 is 2.23 bits per heavy atom. The zero-order valence-electron chi connectivity index (χ0n) is 6.54. The van der Waals surface area contributed by atoms with E-state index >= 15 is 0 Å². The molecular formula is C7H5Cl2NO3. The topological polar surface area (TPSA) is 59.4 Å². The first-order valence-electron chi connectivity index (χ1n) is 3.19. The Morgan fingerprint density at radius 3 is 2.77 bits per heavy atom. The minimum Gasteiger partial charge on any atom is -0.504 e. The molecule has 0 fully saturated rings. The van der Waals surface area contributed by atoms with Crippen molar-refractivity contribution in [3.63, 3.8) is 0 Å². The Balaban J connectivity index is 3.28. The molecule has 0 atom stereocenters. The third kappa shape index (κ3) is 2.02. The maximum Gasteiger partial charge on any atom is 0.341 e. The number of carbonyl (C=O) groups is 1. The summed E-state index contributed by atoms with van der Waals surface area (Å²) >= 11 is 11.0. The zero-order valence-corrected chi connectivity index (χ0v) is 8.06. The molecule has 70 valence electrons. The van der Waals surface area contributed by atoms with E-state index in [1.165, 1.54) is 13.2 Å². The molecule has 0 saturated heterocycles. The predicted molar refractivity (Wildman–Crippen MR) is 47.3 cm³/mol. The highest BCUT2D eigenvalue weighted by atomic mass is 35.5. The van der Waals surface area contributed by atoms with E-state index < -0.39 is 11.7 Å². The second kappa shape index (κ2) is 3.81. The first-order valence-corrected chi connectivity index (χ1v) is 3.95. The van der Waals surface area contributed by atoms with Crippen molar-refractivity contribution in [3.05, 3.63) is 21.9 Å². The highest BCUT2D eigenvalue weighted by Gasteiger charge is 2.16. The van der Waals surface area contributed by atoms with Crippen LogP contribution in [-0.2, 0) is 4.74 Å². The monoisotopic (exact) mass is 221 g/mol. The summed E-state index contributed by atoms with van der Waals surface area (Å²) < 4.78 is 4.38. The highest BCUT2D eigenvalue weighted by Crippen LogP contribution is 2.28. The van der Waals surface area contributed by atoms with Gasteiger partial charge >= 0.3 is 5.97 Å². The summed E-state index contributed by atoms with van der Waals surface area (Å²) in [5.74, 6) is -1.15. The van der Waals surface area contributed by atoms with Crippen molar-refractivity contribution >= 4 is 29.2 Å². The van der Waals surface area contributed by atoms with E-state index in [0.29, 0.717) is 0 Å². The van der Waals surface area contributed by atoms with Crippen LogP contribution >= 0.6 is 23.2 Å². The lowest BCUT2D eigenvalue weighted by atomic mass is 10.2. The number of methoxy groups -OCH3 is 1. The van der Waals surface area contributed by atoms with E-state index in [1.807, 2.05) is 0 Å². The summed E-state index contributed by atoms with van der Waals surface area (Å²) in [7, 11) is 1.18. The lowest BCUT2D eigenvalue weighted by molar-refractivity contribution is 0.0597. The molecule has 0 radical (unpaired) electrons. The van der Waals surface area contributed by atoms with Crippen LogP contribution in [0.4, 0.5) is 0 Å². The lowest BCUT2D eigenvalue weighted by Gasteiger charge is -2.03. The summed E-state index contributed by atoms with van der Waals surface area (Å²) in [5, 5.41) is 9.06. The maximum absolute atomic E-state index is 11.0. The fourth-order valence-electron chi connectivity index (χ4n) is 0.743. The van der Waals surface area contributed by atoms with Gasteiger partial charge in [0, 0.05) is 0 Å². The van der Waals surface area contributed by atoms with Crippen molar-refractivity contribution in [1.82, 2.24) is 4.98 Å². The van der Waals surface area contributed by atoms with E-state index in [4.69, 9.17) is 23.2 Å². The van der Waals surface area contributed by atoms with Crippen molar-refractivity contribution < 1.29 is 14.6 Å². The number of esters is 1. The van der Waals surface area contributed by atoms with Crippen LogP contribution in [0.25, 0.3) is 0 Å². The SMILES string of the molecule is COC(=O)c1cc(Cl)nc(Cl)c1O. The highest BCUT2D eigenvalue weighted by molar-refractivity contribution is 6.34. The summed E-state index contributed by atoms with van der Waals surface area (Å²) in [6.07, 6.45) is 0. The van der Waals surface area contributed by atoms with E-state index in [1.54, 1.807) is 0 Å². The molecule has 0 aliphatic heterocycles. The zero-order chi connectivity index (χ0) is 10.0. The number of aromatic hydroxyl groups is 1. The summed E-state index contributed by atoms with van der Waals surface area (Å²) in [6.45, 7) is 0. The molecular weight excluding hydrogens is 217 g/mol. The normalized spacial score (nSPS) is 9.77. The average Bonchev–Trinajstić information content (AvgIpc) is 2.10. The summed E-state index contributed by atoms with van der Waals surface area (Å²) in [5.41, 5.74) is -0.104. The molecule has 1 aromatic heterocycles. The number of hydrogen-bond acceptors (Lipinski definition) is 4. The van der Waals surface area contributed by atoms with Gasteiger partial charge in [0.1, 0.15) is 10.7 Å². The number of ether oxygens (including phenoxy) is 1. The van der Waals surface area contributed by atoms with Gasteiger partial charge in [-0.2, -0.15) is 0 Å². The molecule has 13 heavy (non-hydrogen) atoms. The van der Waals surface area contributed by atoms with Gasteiger partial charge in [0.25, 0.3) is 0 Å². The fourth-order valence-corrected chi connectivity index (χ4v) is 1.17. The van der Waals surface area contributed by atoms with Gasteiger partial charge < -0.3 is 9.84 Å². The molecule has 6 heteroatoms. The Morgan fingerprint density at radius 1 is 1.62 bits per heavy atom. The molecule has 4 nitrogen and oxygen atoms in total. The Bertz CT molecular complexity index is 354. The second-order valence-electron chi connectivity index (χ2n) is 2.12. The molecule has 1 N–H and O–H groups in total. The molecule has 0 spiro atoms. The minimum atomic E-state index is -0.719. The van der Waals surface area contributed by atoms with Crippen LogP contribution in [0.3, 0.4) is 0 Å². The number of nitrogens with zero attached hydrogens (tertiary/aromatic N) is 1. The fraction of sp³-hybridized carbons (Fsp3) is 0.143. The molecule has 1 rings (SSSR count). The van der Waals surface area contributed by atoms with Crippen molar-refractivity contribution in [2.75, 3.05) is 7.11 Å². The van der Waals surface area contributed by atoms with Crippen LogP contribution in [0.1, 0.15) is 10.4 Å². The Kier molecular flexibility index (Phi) is 2.95. The van der Waals surface area contributed by atoms with Crippen molar-refractivity contribution in [2.45, 2.75) is 0 Å². The van der Waals surface area contributed by atoms with Crippen molar-refractivity contribution in [1.29, 1.82) is 0 Å². The van der Waals surface area contributed by atoms with E-state index in [0.717, 1.165) is 0 Å². The molecule has 0 bridgehead atoms. The number of carbonyl (C=O) groups excluding carboxylic acids is 1. The van der Waals surface area contributed by atoms with E-state index in [-0.39, 0.29) is 15.9 Å². The van der Waals surface area contributed by atoms with Crippen LogP contribution in [0.15, 0.2) is 6.07 Å². The second-order valence-corrected chi connectivity index (χ2v) is 2.87. The minimum absolute atomic E-state index is 0.0169. The van der Waals surface area contributed by atoms with Gasteiger partial charge in [-0.15, -0.1) is 0 Å². The predicted octanol–water partition coefficient (Wildman–Crippen LogP) is 1.88. The van der Waals surface area contributed by atoms with Crippen LogP contribution in [0, 0.1) is 0 Å². The Labute approximate surface area is 84.1 Å². The molecule has 1 heterocycles. The van der Waals surface area contributed by atoms with Crippen molar-refractivity contribution in [2.24, 2.45) is 0 Å². The summed E-state index contributed by atoms with van der Waals surface area (Å²) in [6, 6.07) is 1.18. The van der Waals surface area contributed by atoms with Gasteiger partial charge in [-0.25, -0.2) is 9.78 Å². The molecule has 0 aromatic carbocycles. The number of aromatic nitrogens is 1. The molecule has 0 aliphatic carbocycles.